The molecule has 27 heavy (non-hydrogen) atoms. The average molecular weight is 370 g/mol. The zero-order valence-electron chi connectivity index (χ0n) is 16.8. The Morgan fingerprint density at radius 1 is 1.07 bits per heavy atom. The predicted molar refractivity (Wildman–Crippen MR) is 110 cm³/mol. The first kappa shape index (κ1) is 19.4. The number of aromatic nitrogens is 2. The highest BCUT2D eigenvalue weighted by Gasteiger charge is 2.21. The highest BCUT2D eigenvalue weighted by atomic mass is 16.3. The number of aryl methyl sites for hydroxylation is 2. The zero-order chi connectivity index (χ0) is 19.4. The molecule has 0 bridgehead atoms. The first-order valence-electron chi connectivity index (χ1n) is 9.71. The predicted octanol–water partition coefficient (Wildman–Crippen LogP) is 3.38. The van der Waals surface area contributed by atoms with Crippen LogP contribution in [0.2, 0.25) is 0 Å². The highest BCUT2D eigenvalue weighted by molar-refractivity contribution is 5.42. The molecule has 1 fully saturated rings. The quantitative estimate of drug-likeness (QED) is 0.725. The third-order valence-electron chi connectivity index (χ3n) is 5.31. The molecule has 0 aliphatic heterocycles. The second kappa shape index (κ2) is 8.57. The molecule has 1 heterocycles. The third-order valence-corrected chi connectivity index (χ3v) is 5.31. The van der Waals surface area contributed by atoms with E-state index in [2.05, 4.69) is 32.7 Å². The van der Waals surface area contributed by atoms with Crippen LogP contribution in [0.5, 0.6) is 5.75 Å². The second-order valence-electron chi connectivity index (χ2n) is 7.78. The summed E-state index contributed by atoms with van der Waals surface area (Å²) in [6, 6.07) is 7.01. The maximum absolute atomic E-state index is 9.91. The van der Waals surface area contributed by atoms with Crippen LogP contribution in [-0.4, -0.2) is 41.3 Å². The van der Waals surface area contributed by atoms with Crippen molar-refractivity contribution in [2.45, 2.75) is 58.2 Å². The minimum atomic E-state index is 0.408. The smallest absolute Gasteiger partial charge is 0.224 e. The van der Waals surface area contributed by atoms with Gasteiger partial charge in [-0.3, -0.25) is 0 Å². The number of phenols is 1. The maximum Gasteiger partial charge on any atom is 0.224 e. The fourth-order valence-electron chi connectivity index (χ4n) is 3.70. The van der Waals surface area contributed by atoms with Crippen LogP contribution in [0.15, 0.2) is 24.4 Å². The largest absolute Gasteiger partial charge is 0.507 e. The van der Waals surface area contributed by atoms with E-state index in [1.54, 1.807) is 6.20 Å². The first-order chi connectivity index (χ1) is 12.9. The molecular formula is C21H31N5O. The molecule has 1 aromatic heterocycles. The Labute approximate surface area is 162 Å². The summed E-state index contributed by atoms with van der Waals surface area (Å²) in [7, 11) is 3.97. The van der Waals surface area contributed by atoms with Gasteiger partial charge in [0.2, 0.25) is 5.95 Å². The SMILES string of the molecule is Cc1cc(CNC2CCC(Nc3nccc(N(C)C)n3)CC2)cc(C)c1O. The molecule has 3 rings (SSSR count). The number of benzene rings is 1. The van der Waals surface area contributed by atoms with Crippen LogP contribution in [0.3, 0.4) is 0 Å². The molecule has 6 heteroatoms. The third kappa shape index (κ3) is 5.10. The standard InChI is InChI=1S/C21H31N5O/c1-14-11-16(12-15(2)20(14)27)13-23-17-5-7-18(8-6-17)24-21-22-10-9-19(25-21)26(3)4/h9-12,17-18,23,27H,5-8,13H2,1-4H3,(H,22,24,25). The molecule has 1 saturated carbocycles. The highest BCUT2D eigenvalue weighted by Crippen LogP contribution is 2.24. The summed E-state index contributed by atoms with van der Waals surface area (Å²) in [6.45, 7) is 4.75. The maximum atomic E-state index is 9.91. The Bertz CT molecular complexity index is 746. The lowest BCUT2D eigenvalue weighted by atomic mass is 9.91. The molecule has 146 valence electrons. The Hall–Kier alpha value is -2.34. The van der Waals surface area contributed by atoms with Gasteiger partial charge in [-0.1, -0.05) is 12.1 Å². The molecular weight excluding hydrogens is 338 g/mol. The molecule has 0 radical (unpaired) electrons. The molecule has 0 amide bonds. The van der Waals surface area contributed by atoms with Gasteiger partial charge >= 0.3 is 0 Å². The summed E-state index contributed by atoms with van der Waals surface area (Å²) < 4.78 is 0. The van der Waals surface area contributed by atoms with E-state index < -0.39 is 0 Å². The molecule has 0 unspecified atom stereocenters. The molecule has 2 aromatic rings. The van der Waals surface area contributed by atoms with Crippen molar-refractivity contribution in [3.63, 3.8) is 0 Å². The summed E-state index contributed by atoms with van der Waals surface area (Å²) in [4.78, 5) is 10.9. The van der Waals surface area contributed by atoms with E-state index in [4.69, 9.17) is 0 Å². The fraction of sp³-hybridized carbons (Fsp3) is 0.524. The Kier molecular flexibility index (Phi) is 6.16. The average Bonchev–Trinajstić information content (AvgIpc) is 2.65. The Morgan fingerprint density at radius 2 is 1.70 bits per heavy atom. The summed E-state index contributed by atoms with van der Waals surface area (Å²) in [5.41, 5.74) is 3.12. The van der Waals surface area contributed by atoms with Gasteiger partial charge in [0.1, 0.15) is 11.6 Å². The van der Waals surface area contributed by atoms with Crippen molar-refractivity contribution < 1.29 is 5.11 Å². The molecule has 1 aliphatic rings. The van der Waals surface area contributed by atoms with Crippen molar-refractivity contribution in [1.82, 2.24) is 15.3 Å². The minimum Gasteiger partial charge on any atom is -0.507 e. The van der Waals surface area contributed by atoms with Crippen molar-refractivity contribution in [2.24, 2.45) is 0 Å². The van der Waals surface area contributed by atoms with Gasteiger partial charge in [-0.15, -0.1) is 0 Å². The number of hydrogen-bond donors (Lipinski definition) is 3. The number of rotatable bonds is 6. The minimum absolute atomic E-state index is 0.408. The second-order valence-corrected chi connectivity index (χ2v) is 7.78. The van der Waals surface area contributed by atoms with Crippen molar-refractivity contribution in [3.05, 3.63) is 41.1 Å². The van der Waals surface area contributed by atoms with Crippen LogP contribution >= 0.6 is 0 Å². The number of nitrogens with zero attached hydrogens (tertiary/aromatic N) is 3. The molecule has 0 spiro atoms. The summed E-state index contributed by atoms with van der Waals surface area (Å²) in [5, 5.41) is 17.1. The van der Waals surface area contributed by atoms with Gasteiger partial charge in [0.15, 0.2) is 0 Å². The lowest BCUT2D eigenvalue weighted by molar-refractivity contribution is 0.352. The first-order valence-corrected chi connectivity index (χ1v) is 9.71. The van der Waals surface area contributed by atoms with Gasteiger partial charge in [-0.2, -0.15) is 4.98 Å². The number of nitrogens with one attached hydrogen (secondary N) is 2. The Morgan fingerprint density at radius 3 is 2.33 bits per heavy atom. The topological polar surface area (TPSA) is 73.3 Å². The number of hydrogen-bond acceptors (Lipinski definition) is 6. The van der Waals surface area contributed by atoms with Crippen LogP contribution in [0.1, 0.15) is 42.4 Å². The van der Waals surface area contributed by atoms with E-state index in [1.165, 1.54) is 5.56 Å². The molecule has 1 aliphatic carbocycles. The monoisotopic (exact) mass is 369 g/mol. The summed E-state index contributed by atoms with van der Waals surface area (Å²) >= 11 is 0. The van der Waals surface area contributed by atoms with E-state index in [-0.39, 0.29) is 0 Å². The van der Waals surface area contributed by atoms with E-state index in [1.807, 2.05) is 38.9 Å². The van der Waals surface area contributed by atoms with E-state index >= 15 is 0 Å². The lowest BCUT2D eigenvalue weighted by Gasteiger charge is -2.30. The molecule has 3 N–H and O–H groups in total. The molecule has 0 saturated heterocycles. The number of phenolic OH excluding ortho intramolecular Hbond substituents is 1. The van der Waals surface area contributed by atoms with E-state index in [0.717, 1.165) is 49.2 Å². The lowest BCUT2D eigenvalue weighted by Crippen LogP contribution is -2.37. The fourth-order valence-corrected chi connectivity index (χ4v) is 3.70. The van der Waals surface area contributed by atoms with E-state index in [9.17, 15) is 5.11 Å². The van der Waals surface area contributed by atoms with Crippen LogP contribution < -0.4 is 15.5 Å². The molecule has 1 aromatic carbocycles. The van der Waals surface area contributed by atoms with Gasteiger partial charge in [0.25, 0.3) is 0 Å². The number of aromatic hydroxyl groups is 1. The summed E-state index contributed by atoms with van der Waals surface area (Å²) in [6.07, 6.45) is 6.31. The molecule has 0 atom stereocenters. The zero-order valence-corrected chi connectivity index (χ0v) is 16.8. The van der Waals surface area contributed by atoms with Gasteiger partial charge in [-0.05, 0) is 62.3 Å². The van der Waals surface area contributed by atoms with Crippen LogP contribution in [-0.2, 0) is 6.54 Å². The van der Waals surface area contributed by atoms with Gasteiger partial charge in [-0.25, -0.2) is 4.98 Å². The van der Waals surface area contributed by atoms with Gasteiger partial charge in [0.05, 0.1) is 0 Å². The molecule has 6 nitrogen and oxygen atoms in total. The van der Waals surface area contributed by atoms with E-state index in [0.29, 0.717) is 23.8 Å². The van der Waals surface area contributed by atoms with Gasteiger partial charge in [0, 0.05) is 38.9 Å². The van der Waals surface area contributed by atoms with Gasteiger partial charge < -0.3 is 20.6 Å². The van der Waals surface area contributed by atoms with Crippen LogP contribution in [0.25, 0.3) is 0 Å². The van der Waals surface area contributed by atoms with Crippen LogP contribution in [0, 0.1) is 13.8 Å². The van der Waals surface area contributed by atoms with Crippen molar-refractivity contribution in [3.8, 4) is 5.75 Å². The number of anilines is 2. The van der Waals surface area contributed by atoms with Crippen molar-refractivity contribution in [1.29, 1.82) is 0 Å². The normalized spacial score (nSPS) is 19.7. The van der Waals surface area contributed by atoms with Crippen molar-refractivity contribution >= 4 is 11.8 Å². The Balaban J connectivity index is 1.47. The van der Waals surface area contributed by atoms with Crippen LogP contribution in [0.4, 0.5) is 11.8 Å². The van der Waals surface area contributed by atoms with Crippen molar-refractivity contribution in [2.75, 3.05) is 24.3 Å². The summed E-state index contributed by atoms with van der Waals surface area (Å²) in [5.74, 6) is 2.04.